The van der Waals surface area contributed by atoms with Gasteiger partial charge in [-0.2, -0.15) is 0 Å². The van der Waals surface area contributed by atoms with Crippen LogP contribution < -0.4 is 15.0 Å². The summed E-state index contributed by atoms with van der Waals surface area (Å²) in [6.07, 6.45) is 1.59. The zero-order valence-electron chi connectivity index (χ0n) is 17.0. The number of furan rings is 1. The molecule has 0 bridgehead atoms. The SMILES string of the molecule is CCN(Cc1cc(-c2ccco2)on1)Cc1nc2cc(OC)c(OC)cc2c(=O)[nH]1. The standard InChI is InChI=1S/C21H22N4O5/c1-4-25(11-13-8-19(30-24-13)16-6-5-7-29-16)12-20-22-15-10-18(28-3)17(27-2)9-14(15)21(26)23-20/h5-10H,4,11-12H2,1-3H3,(H,22,23,26). The third-order valence-electron chi connectivity index (χ3n) is 4.79. The van der Waals surface area contributed by atoms with Gasteiger partial charge in [0.2, 0.25) is 5.76 Å². The Balaban J connectivity index is 1.56. The van der Waals surface area contributed by atoms with E-state index in [0.29, 0.717) is 52.8 Å². The number of aromatic nitrogens is 3. The van der Waals surface area contributed by atoms with Crippen LogP contribution in [0.1, 0.15) is 18.4 Å². The van der Waals surface area contributed by atoms with E-state index in [9.17, 15) is 4.79 Å². The highest BCUT2D eigenvalue weighted by molar-refractivity contribution is 5.81. The molecule has 0 aliphatic heterocycles. The van der Waals surface area contributed by atoms with Gasteiger partial charge in [-0.05, 0) is 24.7 Å². The topological polar surface area (TPSA) is 107 Å². The van der Waals surface area contributed by atoms with Crippen molar-refractivity contribution >= 4 is 10.9 Å². The highest BCUT2D eigenvalue weighted by Crippen LogP contribution is 2.30. The minimum atomic E-state index is -0.228. The Morgan fingerprint density at radius 2 is 1.90 bits per heavy atom. The van der Waals surface area contributed by atoms with Gasteiger partial charge in [0, 0.05) is 18.7 Å². The van der Waals surface area contributed by atoms with Crippen molar-refractivity contribution in [2.24, 2.45) is 0 Å². The smallest absolute Gasteiger partial charge is 0.258 e. The van der Waals surface area contributed by atoms with Crippen molar-refractivity contribution in [2.75, 3.05) is 20.8 Å². The lowest BCUT2D eigenvalue weighted by Gasteiger charge is -2.18. The van der Waals surface area contributed by atoms with Crippen LogP contribution >= 0.6 is 0 Å². The van der Waals surface area contributed by atoms with E-state index in [-0.39, 0.29) is 5.56 Å². The molecule has 0 spiro atoms. The number of hydrogen-bond donors (Lipinski definition) is 1. The van der Waals surface area contributed by atoms with Gasteiger partial charge >= 0.3 is 0 Å². The number of nitrogens with zero attached hydrogens (tertiary/aromatic N) is 3. The maximum atomic E-state index is 12.6. The second kappa shape index (κ2) is 8.42. The molecule has 0 atom stereocenters. The first-order valence-electron chi connectivity index (χ1n) is 9.48. The van der Waals surface area contributed by atoms with Crippen LogP contribution in [0.5, 0.6) is 11.5 Å². The number of benzene rings is 1. The van der Waals surface area contributed by atoms with Crippen molar-refractivity contribution in [3.63, 3.8) is 0 Å². The predicted molar refractivity (Wildman–Crippen MR) is 109 cm³/mol. The lowest BCUT2D eigenvalue weighted by Crippen LogP contribution is -2.25. The van der Waals surface area contributed by atoms with E-state index in [1.807, 2.05) is 19.1 Å². The molecular weight excluding hydrogens is 388 g/mol. The van der Waals surface area contributed by atoms with E-state index in [1.54, 1.807) is 31.6 Å². The third kappa shape index (κ3) is 3.92. The largest absolute Gasteiger partial charge is 0.493 e. The molecule has 0 fully saturated rings. The lowest BCUT2D eigenvalue weighted by molar-refractivity contribution is 0.255. The number of methoxy groups -OCH3 is 2. The molecule has 0 radical (unpaired) electrons. The number of hydrogen-bond acceptors (Lipinski definition) is 8. The molecule has 9 nitrogen and oxygen atoms in total. The molecule has 1 aromatic carbocycles. The Kier molecular flexibility index (Phi) is 5.53. The summed E-state index contributed by atoms with van der Waals surface area (Å²) in [5.74, 6) is 2.76. The lowest BCUT2D eigenvalue weighted by atomic mass is 10.2. The molecule has 4 rings (SSSR count). The van der Waals surface area contributed by atoms with Gasteiger partial charge in [0.05, 0.1) is 43.6 Å². The average Bonchev–Trinajstić information content (AvgIpc) is 3.44. The zero-order valence-corrected chi connectivity index (χ0v) is 17.0. The summed E-state index contributed by atoms with van der Waals surface area (Å²) in [5.41, 5.74) is 1.08. The highest BCUT2D eigenvalue weighted by Gasteiger charge is 2.15. The zero-order chi connectivity index (χ0) is 21.1. The maximum Gasteiger partial charge on any atom is 0.258 e. The van der Waals surface area contributed by atoms with Crippen molar-refractivity contribution < 1.29 is 18.4 Å². The number of aromatic amines is 1. The molecule has 3 aromatic heterocycles. The summed E-state index contributed by atoms with van der Waals surface area (Å²) >= 11 is 0. The van der Waals surface area contributed by atoms with Crippen LogP contribution in [0.25, 0.3) is 22.4 Å². The minimum Gasteiger partial charge on any atom is -0.493 e. The molecule has 30 heavy (non-hydrogen) atoms. The van der Waals surface area contributed by atoms with Crippen molar-refractivity contribution in [2.45, 2.75) is 20.0 Å². The Morgan fingerprint density at radius 1 is 1.10 bits per heavy atom. The summed E-state index contributed by atoms with van der Waals surface area (Å²) in [4.78, 5) is 22.1. The molecular formula is C21H22N4O5. The molecule has 0 saturated heterocycles. The molecule has 0 saturated carbocycles. The van der Waals surface area contributed by atoms with Crippen LogP contribution in [-0.4, -0.2) is 40.8 Å². The Morgan fingerprint density at radius 3 is 2.60 bits per heavy atom. The number of nitrogens with one attached hydrogen (secondary N) is 1. The van der Waals surface area contributed by atoms with E-state index in [2.05, 4.69) is 20.0 Å². The summed E-state index contributed by atoms with van der Waals surface area (Å²) in [5, 5.41) is 4.55. The quantitative estimate of drug-likeness (QED) is 0.472. The number of rotatable bonds is 8. The summed E-state index contributed by atoms with van der Waals surface area (Å²) in [6, 6.07) is 8.79. The van der Waals surface area contributed by atoms with Gasteiger partial charge in [-0.15, -0.1) is 0 Å². The van der Waals surface area contributed by atoms with Crippen molar-refractivity contribution in [1.82, 2.24) is 20.0 Å². The second-order valence-corrected chi connectivity index (χ2v) is 6.70. The molecule has 1 N–H and O–H groups in total. The first-order chi connectivity index (χ1) is 14.6. The van der Waals surface area contributed by atoms with Crippen LogP contribution in [0.15, 0.2) is 50.3 Å². The van der Waals surface area contributed by atoms with E-state index in [4.69, 9.17) is 18.4 Å². The molecule has 0 aliphatic rings. The maximum absolute atomic E-state index is 12.6. The molecule has 3 heterocycles. The third-order valence-corrected chi connectivity index (χ3v) is 4.79. The van der Waals surface area contributed by atoms with Crippen molar-refractivity contribution in [3.8, 4) is 23.0 Å². The van der Waals surface area contributed by atoms with Crippen LogP contribution in [0.3, 0.4) is 0 Å². The van der Waals surface area contributed by atoms with Gasteiger partial charge in [0.1, 0.15) is 5.82 Å². The van der Waals surface area contributed by atoms with E-state index in [1.165, 1.54) is 7.11 Å². The minimum absolute atomic E-state index is 0.228. The number of fused-ring (bicyclic) bond motifs is 1. The number of ether oxygens (including phenoxy) is 2. The molecule has 4 aromatic rings. The average molecular weight is 410 g/mol. The normalized spacial score (nSPS) is 11.3. The first kappa shape index (κ1) is 19.7. The van der Waals surface area contributed by atoms with Crippen LogP contribution in [0, 0.1) is 0 Å². The predicted octanol–water partition coefficient (Wildman–Crippen LogP) is 3.21. The summed E-state index contributed by atoms with van der Waals surface area (Å²) in [7, 11) is 3.07. The molecule has 0 unspecified atom stereocenters. The molecule has 0 amide bonds. The van der Waals surface area contributed by atoms with Crippen LogP contribution in [0.4, 0.5) is 0 Å². The van der Waals surface area contributed by atoms with E-state index >= 15 is 0 Å². The van der Waals surface area contributed by atoms with Crippen LogP contribution in [0.2, 0.25) is 0 Å². The molecule has 0 aliphatic carbocycles. The van der Waals surface area contributed by atoms with Gasteiger partial charge in [-0.1, -0.05) is 12.1 Å². The van der Waals surface area contributed by atoms with Gasteiger partial charge in [0.25, 0.3) is 5.56 Å². The van der Waals surface area contributed by atoms with Crippen molar-refractivity contribution in [1.29, 1.82) is 0 Å². The second-order valence-electron chi connectivity index (χ2n) is 6.70. The fourth-order valence-corrected chi connectivity index (χ4v) is 3.23. The number of H-pyrrole nitrogens is 1. The van der Waals surface area contributed by atoms with Crippen molar-refractivity contribution in [3.05, 3.63) is 58.5 Å². The van der Waals surface area contributed by atoms with E-state index < -0.39 is 0 Å². The van der Waals surface area contributed by atoms with Gasteiger partial charge in [-0.25, -0.2) is 4.98 Å². The summed E-state index contributed by atoms with van der Waals surface area (Å²) in [6.45, 7) is 3.74. The Bertz CT molecular complexity index is 1200. The van der Waals surface area contributed by atoms with Gasteiger partial charge < -0.3 is 23.4 Å². The van der Waals surface area contributed by atoms with Crippen LogP contribution in [-0.2, 0) is 13.1 Å². The Hall–Kier alpha value is -3.59. The monoisotopic (exact) mass is 410 g/mol. The first-order valence-corrected chi connectivity index (χ1v) is 9.48. The fraction of sp³-hybridized carbons (Fsp3) is 0.286. The highest BCUT2D eigenvalue weighted by atomic mass is 16.5. The van der Waals surface area contributed by atoms with Gasteiger partial charge in [-0.3, -0.25) is 9.69 Å². The summed E-state index contributed by atoms with van der Waals surface area (Å²) < 4.78 is 21.3. The Labute approximate surface area is 172 Å². The fourth-order valence-electron chi connectivity index (χ4n) is 3.23. The van der Waals surface area contributed by atoms with E-state index in [0.717, 1.165) is 12.2 Å². The molecule has 156 valence electrons. The van der Waals surface area contributed by atoms with Gasteiger partial charge in [0.15, 0.2) is 17.3 Å². The molecule has 9 heteroatoms.